The van der Waals surface area contributed by atoms with Gasteiger partial charge in [0.25, 0.3) is 0 Å². The molecule has 0 atom stereocenters. The molecule has 8 heteroatoms. The number of anilines is 3. The van der Waals surface area contributed by atoms with E-state index < -0.39 is 10.2 Å². The first-order valence-electron chi connectivity index (χ1n) is 6.47. The van der Waals surface area contributed by atoms with Crippen LogP contribution in [0.5, 0.6) is 0 Å². The number of pyridine rings is 1. The summed E-state index contributed by atoms with van der Waals surface area (Å²) < 4.78 is 27.9. The van der Waals surface area contributed by atoms with Crippen LogP contribution in [-0.2, 0) is 10.2 Å². The second-order valence-electron chi connectivity index (χ2n) is 4.91. The van der Waals surface area contributed by atoms with Gasteiger partial charge in [-0.25, -0.2) is 4.98 Å². The van der Waals surface area contributed by atoms with Crippen molar-refractivity contribution in [2.45, 2.75) is 6.92 Å². The van der Waals surface area contributed by atoms with E-state index in [1.54, 1.807) is 18.3 Å². The maximum atomic E-state index is 11.7. The van der Waals surface area contributed by atoms with Gasteiger partial charge < -0.3 is 5.32 Å². The van der Waals surface area contributed by atoms with Gasteiger partial charge in [-0.3, -0.25) is 4.72 Å². The smallest absolute Gasteiger partial charge is 0.302 e. The second kappa shape index (κ2) is 6.64. The number of aryl methyl sites for hydroxylation is 1. The molecular weight excluding hydrogens is 368 g/mol. The number of benzene rings is 1. The zero-order valence-corrected chi connectivity index (χ0v) is 14.9. The van der Waals surface area contributed by atoms with E-state index in [4.69, 9.17) is 0 Å². The molecular formula is C14H17BrN4O2S. The highest BCUT2D eigenvalue weighted by molar-refractivity contribution is 9.10. The predicted octanol–water partition coefficient (Wildman–Crippen LogP) is 3.11. The highest BCUT2D eigenvalue weighted by Gasteiger charge is 2.13. The van der Waals surface area contributed by atoms with Gasteiger partial charge in [0.15, 0.2) is 0 Å². The van der Waals surface area contributed by atoms with Crippen molar-refractivity contribution in [1.29, 1.82) is 0 Å². The Labute approximate surface area is 138 Å². The molecule has 1 heterocycles. The van der Waals surface area contributed by atoms with Crippen LogP contribution in [0.25, 0.3) is 0 Å². The minimum absolute atomic E-state index is 0.270. The van der Waals surface area contributed by atoms with E-state index in [0.717, 1.165) is 25.7 Å². The number of hydrogen-bond donors (Lipinski definition) is 2. The van der Waals surface area contributed by atoms with Gasteiger partial charge in [0.2, 0.25) is 0 Å². The standard InChI is InChI=1S/C14H17BrN4O2S/c1-10-8-11(15)4-6-13(10)17-12-5-7-14(16-9-12)18-22(20,21)19(2)3/h4-9,17H,1-3H3,(H,16,18). The number of nitrogens with zero attached hydrogens (tertiary/aromatic N) is 2. The van der Waals surface area contributed by atoms with E-state index in [-0.39, 0.29) is 5.82 Å². The van der Waals surface area contributed by atoms with Crippen LogP contribution in [0, 0.1) is 6.92 Å². The summed E-state index contributed by atoms with van der Waals surface area (Å²) in [5, 5.41) is 3.24. The Morgan fingerprint density at radius 1 is 1.18 bits per heavy atom. The Balaban J connectivity index is 2.12. The first-order chi connectivity index (χ1) is 10.3. The largest absolute Gasteiger partial charge is 0.354 e. The number of rotatable bonds is 5. The molecule has 0 spiro atoms. The fourth-order valence-electron chi connectivity index (χ4n) is 1.67. The minimum atomic E-state index is -3.54. The summed E-state index contributed by atoms with van der Waals surface area (Å²) in [5.74, 6) is 0.270. The molecule has 1 aromatic heterocycles. The average Bonchev–Trinajstić information content (AvgIpc) is 2.43. The SMILES string of the molecule is Cc1cc(Br)ccc1Nc1ccc(NS(=O)(=O)N(C)C)nc1. The lowest BCUT2D eigenvalue weighted by atomic mass is 10.2. The molecule has 0 amide bonds. The first kappa shape index (κ1) is 16.7. The van der Waals surface area contributed by atoms with Gasteiger partial charge in [-0.1, -0.05) is 15.9 Å². The third-order valence-corrected chi connectivity index (χ3v) is 4.87. The Bertz CT molecular complexity index is 761. The highest BCUT2D eigenvalue weighted by atomic mass is 79.9. The molecule has 0 aliphatic rings. The second-order valence-corrected chi connectivity index (χ2v) is 7.71. The molecule has 1 aromatic carbocycles. The zero-order valence-electron chi connectivity index (χ0n) is 12.5. The number of hydrogen-bond acceptors (Lipinski definition) is 4. The topological polar surface area (TPSA) is 74.3 Å². The fourth-order valence-corrected chi connectivity index (χ4v) is 2.72. The number of halogens is 1. The van der Waals surface area contributed by atoms with Gasteiger partial charge in [-0.2, -0.15) is 12.7 Å². The summed E-state index contributed by atoms with van der Waals surface area (Å²) >= 11 is 3.42. The lowest BCUT2D eigenvalue weighted by Gasteiger charge is -2.13. The van der Waals surface area contributed by atoms with Crippen molar-refractivity contribution in [2.24, 2.45) is 0 Å². The van der Waals surface area contributed by atoms with Crippen LogP contribution >= 0.6 is 15.9 Å². The van der Waals surface area contributed by atoms with Crippen LogP contribution < -0.4 is 10.0 Å². The van der Waals surface area contributed by atoms with Crippen molar-refractivity contribution >= 4 is 43.3 Å². The molecule has 118 valence electrons. The summed E-state index contributed by atoms with van der Waals surface area (Å²) in [7, 11) is -0.633. The lowest BCUT2D eigenvalue weighted by Crippen LogP contribution is -2.29. The molecule has 0 saturated heterocycles. The van der Waals surface area contributed by atoms with Gasteiger partial charge in [0.05, 0.1) is 11.9 Å². The summed E-state index contributed by atoms with van der Waals surface area (Å²) in [6.07, 6.45) is 1.58. The zero-order chi connectivity index (χ0) is 16.3. The van der Waals surface area contributed by atoms with Gasteiger partial charge in [0, 0.05) is 24.3 Å². The Morgan fingerprint density at radius 2 is 1.91 bits per heavy atom. The third kappa shape index (κ3) is 4.19. The van der Waals surface area contributed by atoms with Crippen LogP contribution in [0.1, 0.15) is 5.56 Å². The van der Waals surface area contributed by atoms with Crippen LogP contribution in [0.4, 0.5) is 17.2 Å². The molecule has 6 nitrogen and oxygen atoms in total. The molecule has 0 radical (unpaired) electrons. The Kier molecular flexibility index (Phi) is 5.05. The van der Waals surface area contributed by atoms with E-state index in [0.29, 0.717) is 0 Å². The van der Waals surface area contributed by atoms with Gasteiger partial charge in [0.1, 0.15) is 5.82 Å². The molecule has 2 aromatic rings. The quantitative estimate of drug-likeness (QED) is 0.830. The van der Waals surface area contributed by atoms with E-state index in [2.05, 4.69) is 31.0 Å². The Hall–Kier alpha value is -1.64. The summed E-state index contributed by atoms with van der Waals surface area (Å²) in [6, 6.07) is 9.29. The van der Waals surface area contributed by atoms with E-state index in [1.807, 2.05) is 25.1 Å². The summed E-state index contributed by atoms with van der Waals surface area (Å²) in [4.78, 5) is 4.10. The monoisotopic (exact) mass is 384 g/mol. The molecule has 0 aliphatic carbocycles. The van der Waals surface area contributed by atoms with Crippen molar-refractivity contribution < 1.29 is 8.42 Å². The van der Waals surface area contributed by atoms with Crippen molar-refractivity contribution in [3.8, 4) is 0 Å². The van der Waals surface area contributed by atoms with E-state index in [9.17, 15) is 8.42 Å². The van der Waals surface area contributed by atoms with Crippen molar-refractivity contribution in [1.82, 2.24) is 9.29 Å². The van der Waals surface area contributed by atoms with Gasteiger partial charge in [-0.05, 0) is 42.8 Å². The van der Waals surface area contributed by atoms with Crippen LogP contribution in [0.3, 0.4) is 0 Å². The lowest BCUT2D eigenvalue weighted by molar-refractivity contribution is 0.526. The fraction of sp³-hybridized carbons (Fsp3) is 0.214. The predicted molar refractivity (Wildman–Crippen MR) is 92.6 cm³/mol. The molecule has 2 N–H and O–H groups in total. The first-order valence-corrected chi connectivity index (χ1v) is 8.71. The highest BCUT2D eigenvalue weighted by Crippen LogP contribution is 2.24. The maximum Gasteiger partial charge on any atom is 0.302 e. The number of aromatic nitrogens is 1. The molecule has 0 saturated carbocycles. The molecule has 0 bridgehead atoms. The Morgan fingerprint density at radius 3 is 2.45 bits per heavy atom. The van der Waals surface area contributed by atoms with E-state index in [1.165, 1.54) is 14.1 Å². The van der Waals surface area contributed by atoms with Crippen LogP contribution in [-0.4, -0.2) is 31.8 Å². The minimum Gasteiger partial charge on any atom is -0.354 e. The molecule has 0 aliphatic heterocycles. The van der Waals surface area contributed by atoms with E-state index >= 15 is 0 Å². The third-order valence-electron chi connectivity index (χ3n) is 2.95. The van der Waals surface area contributed by atoms with Crippen molar-refractivity contribution in [3.63, 3.8) is 0 Å². The van der Waals surface area contributed by atoms with Crippen molar-refractivity contribution in [3.05, 3.63) is 46.6 Å². The van der Waals surface area contributed by atoms with Gasteiger partial charge >= 0.3 is 10.2 Å². The van der Waals surface area contributed by atoms with Crippen molar-refractivity contribution in [2.75, 3.05) is 24.1 Å². The van der Waals surface area contributed by atoms with Gasteiger partial charge in [-0.15, -0.1) is 0 Å². The summed E-state index contributed by atoms with van der Waals surface area (Å²) in [6.45, 7) is 2.00. The van der Waals surface area contributed by atoms with Crippen LogP contribution in [0.15, 0.2) is 41.0 Å². The van der Waals surface area contributed by atoms with Crippen LogP contribution in [0.2, 0.25) is 0 Å². The molecule has 2 rings (SSSR count). The number of nitrogens with one attached hydrogen (secondary N) is 2. The average molecular weight is 385 g/mol. The normalized spacial score (nSPS) is 11.5. The maximum absolute atomic E-state index is 11.7. The molecule has 22 heavy (non-hydrogen) atoms. The summed E-state index contributed by atoms with van der Waals surface area (Å²) in [5.41, 5.74) is 2.83. The molecule has 0 fully saturated rings. The molecule has 0 unspecified atom stereocenters.